The van der Waals surface area contributed by atoms with Crippen molar-refractivity contribution >= 4 is 43.3 Å². The van der Waals surface area contributed by atoms with Crippen LogP contribution < -0.4 is 0 Å². The zero-order chi connectivity index (χ0) is 19.1. The van der Waals surface area contributed by atoms with Crippen molar-refractivity contribution in [3.63, 3.8) is 0 Å². The molecule has 2 atom stereocenters. The summed E-state index contributed by atoms with van der Waals surface area (Å²) in [4.78, 5) is 22.3. The Hall–Kier alpha value is -1.53. The molecule has 0 amide bonds. The summed E-state index contributed by atoms with van der Waals surface area (Å²) in [6, 6.07) is 14.0. The van der Waals surface area contributed by atoms with Crippen molar-refractivity contribution < 1.29 is 9.72 Å². The Balaban J connectivity index is 2.04. The van der Waals surface area contributed by atoms with Gasteiger partial charge in [-0.1, -0.05) is 88.0 Å². The van der Waals surface area contributed by atoms with Crippen LogP contribution in [0.2, 0.25) is 0 Å². The number of Topliss-reactive ketones (excluding diaryl/α,β-unsaturated/α-hetero) is 1. The highest BCUT2D eigenvalue weighted by atomic mass is 79.9. The fourth-order valence-electron chi connectivity index (χ4n) is 2.66. The Morgan fingerprint density at radius 1 is 1.04 bits per heavy atom. The van der Waals surface area contributed by atoms with Crippen LogP contribution in [0.1, 0.15) is 52.5 Å². The summed E-state index contributed by atoms with van der Waals surface area (Å²) in [5, 5.41) is 10.8. The van der Waals surface area contributed by atoms with Crippen LogP contribution in [0.3, 0.4) is 0 Å². The standard InChI is InChI=1S/C20H21Br2NO3/c1-2-3-4-5-14-6-8-16(9-7-14)20(24)19(22)18(21)15-10-12-17(13-11-15)23(25)26/h6-13,18-19H,2-5H2,1H3/t18-,19+/m0/s1. The van der Waals surface area contributed by atoms with E-state index < -0.39 is 9.75 Å². The van der Waals surface area contributed by atoms with E-state index in [9.17, 15) is 14.9 Å². The van der Waals surface area contributed by atoms with Gasteiger partial charge in [-0.15, -0.1) is 0 Å². The number of ketones is 1. The highest BCUT2D eigenvalue weighted by Gasteiger charge is 2.26. The van der Waals surface area contributed by atoms with Gasteiger partial charge in [0, 0.05) is 17.7 Å². The molecular weight excluding hydrogens is 462 g/mol. The number of hydrogen-bond donors (Lipinski definition) is 0. The highest BCUT2D eigenvalue weighted by molar-refractivity contribution is 9.12. The molecule has 0 aliphatic rings. The molecule has 0 N–H and O–H groups in total. The first-order chi connectivity index (χ1) is 12.4. The number of nitro benzene ring substituents is 1. The molecule has 0 bridgehead atoms. The minimum absolute atomic E-state index is 0.0228. The molecule has 0 aliphatic carbocycles. The number of hydrogen-bond acceptors (Lipinski definition) is 3. The molecule has 4 nitrogen and oxygen atoms in total. The van der Waals surface area contributed by atoms with Crippen LogP contribution in [0.25, 0.3) is 0 Å². The summed E-state index contributed by atoms with van der Waals surface area (Å²) in [6.07, 6.45) is 4.60. The molecule has 2 rings (SSSR count). The van der Waals surface area contributed by atoms with Crippen LogP contribution in [0.15, 0.2) is 48.5 Å². The van der Waals surface area contributed by atoms with Gasteiger partial charge in [0.05, 0.1) is 14.6 Å². The largest absolute Gasteiger partial charge is 0.293 e. The first-order valence-corrected chi connectivity index (χ1v) is 10.4. The van der Waals surface area contributed by atoms with Crippen molar-refractivity contribution in [1.29, 1.82) is 0 Å². The van der Waals surface area contributed by atoms with Gasteiger partial charge in [-0.25, -0.2) is 0 Å². The third kappa shape index (κ3) is 5.48. The molecule has 2 aromatic rings. The Bertz CT molecular complexity index is 745. The average Bonchev–Trinajstić information content (AvgIpc) is 2.67. The quantitative estimate of drug-likeness (QED) is 0.136. The van der Waals surface area contributed by atoms with Gasteiger partial charge in [0.15, 0.2) is 5.78 Å². The van der Waals surface area contributed by atoms with Gasteiger partial charge in [0.1, 0.15) is 0 Å². The van der Waals surface area contributed by atoms with Crippen LogP contribution in [-0.2, 0) is 6.42 Å². The lowest BCUT2D eigenvalue weighted by Crippen LogP contribution is -2.19. The number of carbonyl (C=O) groups excluding carboxylic acids is 1. The second-order valence-corrected chi connectivity index (χ2v) is 8.14. The Morgan fingerprint density at radius 2 is 1.65 bits per heavy atom. The lowest BCUT2D eigenvalue weighted by molar-refractivity contribution is -0.384. The molecule has 0 radical (unpaired) electrons. The maximum atomic E-state index is 12.7. The number of rotatable bonds is 9. The number of carbonyl (C=O) groups is 1. The SMILES string of the molecule is CCCCCc1ccc(C(=O)[C@H](Br)[C@@H](Br)c2ccc([N+](=O)[O-])cc2)cc1. The zero-order valence-electron chi connectivity index (χ0n) is 14.5. The molecule has 138 valence electrons. The second kappa shape index (κ2) is 9.97. The minimum atomic E-state index is -0.463. The molecule has 26 heavy (non-hydrogen) atoms. The normalized spacial score (nSPS) is 13.2. The summed E-state index contributed by atoms with van der Waals surface area (Å²) in [6.45, 7) is 2.18. The average molecular weight is 483 g/mol. The van der Waals surface area contributed by atoms with Crippen molar-refractivity contribution in [2.24, 2.45) is 0 Å². The lowest BCUT2D eigenvalue weighted by atomic mass is 10.00. The predicted octanol–water partition coefficient (Wildman–Crippen LogP) is 6.41. The number of halogens is 2. The molecule has 0 heterocycles. The first-order valence-electron chi connectivity index (χ1n) is 8.59. The van der Waals surface area contributed by atoms with Crippen molar-refractivity contribution in [3.05, 3.63) is 75.3 Å². The maximum Gasteiger partial charge on any atom is 0.269 e. The van der Waals surface area contributed by atoms with Gasteiger partial charge in [0.2, 0.25) is 0 Å². The topological polar surface area (TPSA) is 60.2 Å². The number of unbranched alkanes of at least 4 members (excludes halogenated alkanes) is 2. The van der Waals surface area contributed by atoms with E-state index in [1.807, 2.05) is 24.3 Å². The summed E-state index contributed by atoms with van der Waals surface area (Å²) in [5.41, 5.74) is 2.73. The van der Waals surface area contributed by atoms with Gasteiger partial charge < -0.3 is 0 Å². The predicted molar refractivity (Wildman–Crippen MR) is 111 cm³/mol. The smallest absolute Gasteiger partial charge is 0.269 e. The summed E-state index contributed by atoms with van der Waals surface area (Å²) >= 11 is 7.00. The van der Waals surface area contributed by atoms with Gasteiger partial charge >= 0.3 is 0 Å². The van der Waals surface area contributed by atoms with Crippen LogP contribution in [-0.4, -0.2) is 15.5 Å². The Kier molecular flexibility index (Phi) is 7.97. The third-order valence-electron chi connectivity index (χ3n) is 4.24. The van der Waals surface area contributed by atoms with E-state index in [4.69, 9.17) is 0 Å². The van der Waals surface area contributed by atoms with Crippen LogP contribution >= 0.6 is 31.9 Å². The van der Waals surface area contributed by atoms with Gasteiger partial charge in [-0.2, -0.15) is 0 Å². The number of nitro groups is 1. The van der Waals surface area contributed by atoms with E-state index in [0.717, 1.165) is 18.4 Å². The Labute approximate surface area is 170 Å². The minimum Gasteiger partial charge on any atom is -0.293 e. The van der Waals surface area contributed by atoms with Crippen LogP contribution in [0, 0.1) is 10.1 Å². The van der Waals surface area contributed by atoms with E-state index >= 15 is 0 Å². The molecule has 0 fully saturated rings. The number of alkyl halides is 2. The van der Waals surface area contributed by atoms with Crippen molar-refractivity contribution in [2.45, 2.75) is 42.3 Å². The van der Waals surface area contributed by atoms with E-state index in [0.29, 0.717) is 5.56 Å². The van der Waals surface area contributed by atoms with Gasteiger partial charge in [-0.3, -0.25) is 14.9 Å². The van der Waals surface area contributed by atoms with E-state index in [-0.39, 0.29) is 16.3 Å². The monoisotopic (exact) mass is 481 g/mol. The highest BCUT2D eigenvalue weighted by Crippen LogP contribution is 2.34. The number of nitrogens with zero attached hydrogens (tertiary/aromatic N) is 1. The van der Waals surface area contributed by atoms with Gasteiger partial charge in [0.25, 0.3) is 5.69 Å². The first kappa shape index (κ1) is 20.8. The molecule has 0 unspecified atom stereocenters. The van der Waals surface area contributed by atoms with Crippen molar-refractivity contribution in [3.8, 4) is 0 Å². The maximum absolute atomic E-state index is 12.7. The fourth-order valence-corrected chi connectivity index (χ4v) is 3.77. The summed E-state index contributed by atoms with van der Waals surface area (Å²) in [7, 11) is 0. The molecule has 0 aromatic heterocycles. The molecule has 0 saturated carbocycles. The second-order valence-electron chi connectivity index (χ2n) is 6.17. The molecule has 2 aromatic carbocycles. The van der Waals surface area contributed by atoms with Gasteiger partial charge in [-0.05, 0) is 24.0 Å². The van der Waals surface area contributed by atoms with Crippen LogP contribution in [0.4, 0.5) is 5.69 Å². The molecule has 0 aliphatic heterocycles. The molecule has 6 heteroatoms. The van der Waals surface area contributed by atoms with Crippen molar-refractivity contribution in [2.75, 3.05) is 0 Å². The molecular formula is C20H21Br2NO3. The van der Waals surface area contributed by atoms with E-state index in [1.54, 1.807) is 12.1 Å². The fraction of sp³-hybridized carbons (Fsp3) is 0.350. The number of aryl methyl sites for hydroxylation is 1. The summed E-state index contributed by atoms with van der Waals surface area (Å²) < 4.78 is 0. The molecule has 0 saturated heterocycles. The molecule has 0 spiro atoms. The third-order valence-corrected chi connectivity index (χ3v) is 6.95. The Morgan fingerprint density at radius 3 is 2.19 bits per heavy atom. The number of non-ortho nitro benzene ring substituents is 1. The van der Waals surface area contributed by atoms with E-state index in [2.05, 4.69) is 38.8 Å². The number of benzene rings is 2. The van der Waals surface area contributed by atoms with E-state index in [1.165, 1.54) is 30.5 Å². The zero-order valence-corrected chi connectivity index (χ0v) is 17.7. The van der Waals surface area contributed by atoms with Crippen LogP contribution in [0.5, 0.6) is 0 Å². The lowest BCUT2D eigenvalue weighted by Gasteiger charge is -2.16. The van der Waals surface area contributed by atoms with Crippen molar-refractivity contribution in [1.82, 2.24) is 0 Å². The summed E-state index contributed by atoms with van der Waals surface area (Å²) in [5.74, 6) is -0.0228.